The topological polar surface area (TPSA) is 123 Å². The van der Waals surface area contributed by atoms with Crippen LogP contribution in [0.1, 0.15) is 45.0 Å². The number of piperazine rings is 1. The molecule has 4 aromatic rings. The summed E-state index contributed by atoms with van der Waals surface area (Å²) in [5.74, 6) is -0.143. The number of fused-ring (bicyclic) bond motifs is 1. The van der Waals surface area contributed by atoms with Crippen molar-refractivity contribution in [2.75, 3.05) is 30.3 Å². The molecule has 0 bridgehead atoms. The van der Waals surface area contributed by atoms with Gasteiger partial charge in [0.15, 0.2) is 5.65 Å². The number of benzene rings is 1. The average molecular weight is 605 g/mol. The number of nitrogens with two attached hydrogens (primary N) is 1. The molecule has 0 aliphatic carbocycles. The van der Waals surface area contributed by atoms with Crippen molar-refractivity contribution in [3.05, 3.63) is 75.7 Å². The van der Waals surface area contributed by atoms with Gasteiger partial charge in [0, 0.05) is 31.2 Å². The lowest BCUT2D eigenvalue weighted by Gasteiger charge is -2.40. The molecule has 1 aromatic carbocycles. The highest BCUT2D eigenvalue weighted by Crippen LogP contribution is 2.36. The standard InChI is InChI=1S/C31H34ClFN8O2/c1-5-10-23-27(24(11-6-2)36-30(34)35-23)41-29-20(16-21(32)26(37-29)19-12-8-9-13-22(19)33)28(38-31(41)43)40-15-14-39(17-18(40)4)25(42)7-3/h7-9,12-13,16,18H,3,5-6,10-11,14-15,17H2,1-2,4H3,(H2,34,35,36)/t18-/m0/s1. The van der Waals surface area contributed by atoms with Gasteiger partial charge in [0.05, 0.1) is 33.2 Å². The highest BCUT2D eigenvalue weighted by Gasteiger charge is 2.30. The van der Waals surface area contributed by atoms with E-state index < -0.39 is 11.5 Å². The van der Waals surface area contributed by atoms with E-state index in [9.17, 15) is 9.59 Å². The Morgan fingerprint density at radius 2 is 1.79 bits per heavy atom. The van der Waals surface area contributed by atoms with E-state index in [0.717, 1.165) is 12.8 Å². The Morgan fingerprint density at radius 1 is 1.12 bits per heavy atom. The molecule has 0 unspecified atom stereocenters. The number of nitrogens with zero attached hydrogens (tertiary/aromatic N) is 7. The van der Waals surface area contributed by atoms with Crippen LogP contribution in [0.3, 0.4) is 0 Å². The molecule has 0 radical (unpaired) electrons. The Hall–Kier alpha value is -4.38. The fraction of sp³-hybridized carbons (Fsp3) is 0.355. The van der Waals surface area contributed by atoms with Gasteiger partial charge in [-0.05, 0) is 44.0 Å². The number of aromatic nitrogens is 5. The van der Waals surface area contributed by atoms with Crippen LogP contribution in [0.4, 0.5) is 16.2 Å². The molecule has 4 heterocycles. The highest BCUT2D eigenvalue weighted by atomic mass is 35.5. The van der Waals surface area contributed by atoms with Gasteiger partial charge in [-0.25, -0.2) is 28.7 Å². The fourth-order valence-electron chi connectivity index (χ4n) is 5.62. The molecule has 1 aliphatic heterocycles. The van der Waals surface area contributed by atoms with Crippen LogP contribution in [-0.2, 0) is 17.6 Å². The summed E-state index contributed by atoms with van der Waals surface area (Å²) in [6.07, 6.45) is 3.87. The molecule has 224 valence electrons. The molecular formula is C31H34ClFN8O2. The van der Waals surface area contributed by atoms with Gasteiger partial charge in [0.1, 0.15) is 11.6 Å². The number of carbonyl (C=O) groups is 1. The second kappa shape index (κ2) is 12.5. The Labute approximate surface area is 254 Å². The van der Waals surface area contributed by atoms with Crippen LogP contribution in [0.5, 0.6) is 0 Å². The van der Waals surface area contributed by atoms with E-state index in [2.05, 4.69) is 21.5 Å². The third-order valence-electron chi connectivity index (χ3n) is 7.56. The molecule has 2 N–H and O–H groups in total. The molecule has 0 spiro atoms. The lowest BCUT2D eigenvalue weighted by molar-refractivity contribution is -0.126. The van der Waals surface area contributed by atoms with Crippen LogP contribution in [0.25, 0.3) is 28.0 Å². The molecule has 1 aliphatic rings. The second-order valence-electron chi connectivity index (χ2n) is 10.6. The smallest absolute Gasteiger partial charge is 0.355 e. The minimum absolute atomic E-state index is 0.126. The summed E-state index contributed by atoms with van der Waals surface area (Å²) < 4.78 is 16.4. The van der Waals surface area contributed by atoms with Crippen molar-refractivity contribution in [2.24, 2.45) is 0 Å². The summed E-state index contributed by atoms with van der Waals surface area (Å²) in [5, 5.41) is 0.705. The van der Waals surface area contributed by atoms with Crippen LogP contribution in [0, 0.1) is 5.82 Å². The molecule has 10 nitrogen and oxygen atoms in total. The summed E-state index contributed by atoms with van der Waals surface area (Å²) in [6, 6.07) is 7.71. The fourth-order valence-corrected chi connectivity index (χ4v) is 5.88. The summed E-state index contributed by atoms with van der Waals surface area (Å²) in [6.45, 7) is 10.8. The number of amides is 1. The minimum atomic E-state index is -0.586. The number of hydrogen-bond donors (Lipinski definition) is 1. The molecular weight excluding hydrogens is 571 g/mol. The molecule has 1 saturated heterocycles. The van der Waals surface area contributed by atoms with Gasteiger partial charge in [-0.15, -0.1) is 0 Å². The van der Waals surface area contributed by atoms with E-state index in [1.54, 1.807) is 29.2 Å². The van der Waals surface area contributed by atoms with Crippen LogP contribution in [0.15, 0.2) is 47.8 Å². The monoisotopic (exact) mass is 604 g/mol. The average Bonchev–Trinajstić information content (AvgIpc) is 2.98. The maximum atomic E-state index is 15.0. The van der Waals surface area contributed by atoms with E-state index in [0.29, 0.717) is 60.8 Å². The zero-order chi connectivity index (χ0) is 30.8. The number of pyridine rings is 1. The quantitative estimate of drug-likeness (QED) is 0.286. The third kappa shape index (κ3) is 5.69. The predicted molar refractivity (Wildman–Crippen MR) is 167 cm³/mol. The molecule has 43 heavy (non-hydrogen) atoms. The van der Waals surface area contributed by atoms with Crippen molar-refractivity contribution in [1.82, 2.24) is 29.4 Å². The molecule has 3 aromatic heterocycles. The number of aryl methyl sites for hydroxylation is 2. The van der Waals surface area contributed by atoms with Gasteiger partial charge < -0.3 is 15.5 Å². The molecule has 1 atom stereocenters. The first-order valence-corrected chi connectivity index (χ1v) is 14.8. The zero-order valence-corrected chi connectivity index (χ0v) is 25.2. The highest BCUT2D eigenvalue weighted by molar-refractivity contribution is 6.33. The predicted octanol–water partition coefficient (Wildman–Crippen LogP) is 4.74. The Bertz CT molecular complexity index is 1750. The Balaban J connectivity index is 1.83. The summed E-state index contributed by atoms with van der Waals surface area (Å²) in [7, 11) is 0. The number of rotatable bonds is 8. The molecule has 1 fully saturated rings. The van der Waals surface area contributed by atoms with Gasteiger partial charge in [0.25, 0.3) is 0 Å². The van der Waals surface area contributed by atoms with Gasteiger partial charge in [0.2, 0.25) is 11.9 Å². The van der Waals surface area contributed by atoms with E-state index in [1.165, 1.54) is 16.7 Å². The number of anilines is 2. The maximum absolute atomic E-state index is 15.0. The van der Waals surface area contributed by atoms with Gasteiger partial charge in [-0.1, -0.05) is 57.0 Å². The third-order valence-corrected chi connectivity index (χ3v) is 7.85. The van der Waals surface area contributed by atoms with Gasteiger partial charge >= 0.3 is 5.69 Å². The van der Waals surface area contributed by atoms with Crippen molar-refractivity contribution in [2.45, 2.75) is 52.5 Å². The number of hydrogen-bond acceptors (Lipinski definition) is 8. The van der Waals surface area contributed by atoms with Crippen molar-refractivity contribution >= 4 is 40.3 Å². The number of nitrogen functional groups attached to an aromatic ring is 1. The molecule has 0 saturated carbocycles. The van der Waals surface area contributed by atoms with Crippen LogP contribution in [0.2, 0.25) is 5.02 Å². The lowest BCUT2D eigenvalue weighted by Crippen LogP contribution is -2.54. The minimum Gasteiger partial charge on any atom is -0.368 e. The maximum Gasteiger partial charge on any atom is 0.355 e. The normalized spacial score (nSPS) is 15.2. The Kier molecular flexibility index (Phi) is 8.72. The first-order chi connectivity index (χ1) is 20.7. The van der Waals surface area contributed by atoms with Crippen LogP contribution >= 0.6 is 11.6 Å². The first kappa shape index (κ1) is 30.1. The SMILES string of the molecule is C=CC(=O)N1CCN(c2nc(=O)n(-c3c(CCC)nc(N)nc3CCC)c3nc(-c4ccccc4F)c(Cl)cc23)[C@@H](C)C1. The summed E-state index contributed by atoms with van der Waals surface area (Å²) in [5.41, 5.74) is 7.83. The van der Waals surface area contributed by atoms with Crippen molar-refractivity contribution in [3.63, 3.8) is 0 Å². The van der Waals surface area contributed by atoms with E-state index in [4.69, 9.17) is 22.3 Å². The van der Waals surface area contributed by atoms with Crippen molar-refractivity contribution in [1.29, 1.82) is 0 Å². The van der Waals surface area contributed by atoms with Crippen molar-refractivity contribution < 1.29 is 9.18 Å². The lowest BCUT2D eigenvalue weighted by atomic mass is 10.1. The number of halogens is 2. The zero-order valence-electron chi connectivity index (χ0n) is 24.5. The first-order valence-electron chi connectivity index (χ1n) is 14.4. The van der Waals surface area contributed by atoms with Crippen molar-refractivity contribution in [3.8, 4) is 16.9 Å². The Morgan fingerprint density at radius 3 is 2.40 bits per heavy atom. The van der Waals surface area contributed by atoms with Crippen LogP contribution in [-0.4, -0.2) is 61.0 Å². The van der Waals surface area contributed by atoms with Gasteiger partial charge in [-0.2, -0.15) is 4.98 Å². The van der Waals surface area contributed by atoms with E-state index in [-0.39, 0.29) is 39.8 Å². The number of carbonyl (C=O) groups excluding carboxylic acids is 1. The molecule has 5 rings (SSSR count). The van der Waals surface area contributed by atoms with E-state index in [1.807, 2.05) is 25.7 Å². The summed E-state index contributed by atoms with van der Waals surface area (Å²) in [4.78, 5) is 48.6. The summed E-state index contributed by atoms with van der Waals surface area (Å²) >= 11 is 6.79. The van der Waals surface area contributed by atoms with E-state index >= 15 is 4.39 Å². The largest absolute Gasteiger partial charge is 0.368 e. The molecule has 12 heteroatoms. The molecule has 1 amide bonds. The van der Waals surface area contributed by atoms with Crippen LogP contribution < -0.4 is 16.3 Å². The second-order valence-corrected chi connectivity index (χ2v) is 11.0. The van der Waals surface area contributed by atoms with Gasteiger partial charge in [-0.3, -0.25) is 4.79 Å².